The van der Waals surface area contributed by atoms with Gasteiger partial charge in [0, 0.05) is 30.1 Å². The number of rotatable bonds is 6. The normalized spacial score (nSPS) is 10.0. The van der Waals surface area contributed by atoms with Gasteiger partial charge in [-0.3, -0.25) is 0 Å². The fourth-order valence-electron chi connectivity index (χ4n) is 2.02. The monoisotopic (exact) mass is 288 g/mol. The molecule has 3 N–H and O–H groups in total. The lowest BCUT2D eigenvalue weighted by molar-refractivity contribution is 0.324. The van der Waals surface area contributed by atoms with Crippen LogP contribution in [0, 0.1) is 0 Å². The quantitative estimate of drug-likeness (QED) is 0.800. The molecule has 0 fully saturated rings. The van der Waals surface area contributed by atoms with Crippen LogP contribution in [0.15, 0.2) is 36.4 Å². The van der Waals surface area contributed by atoms with Crippen molar-refractivity contribution >= 4 is 11.4 Å². The van der Waals surface area contributed by atoms with Crippen molar-refractivity contribution in [3.63, 3.8) is 0 Å². The van der Waals surface area contributed by atoms with Crippen molar-refractivity contribution in [2.24, 2.45) is 0 Å². The first-order valence-corrected chi connectivity index (χ1v) is 6.56. The Bertz CT molecular complexity index is 572. The number of anilines is 2. The minimum Gasteiger partial charge on any atom is -0.493 e. The van der Waals surface area contributed by atoms with Crippen LogP contribution in [0.4, 0.5) is 11.4 Å². The molecule has 0 radical (unpaired) electrons. The molecule has 0 saturated heterocycles. The number of nitrogens with one attached hydrogen (secondary N) is 1. The summed E-state index contributed by atoms with van der Waals surface area (Å²) in [6.45, 7) is 0.679. The van der Waals surface area contributed by atoms with Crippen molar-refractivity contribution in [2.45, 2.75) is 6.54 Å². The van der Waals surface area contributed by atoms with Crippen LogP contribution in [0.3, 0.4) is 0 Å². The van der Waals surface area contributed by atoms with Gasteiger partial charge in [0.1, 0.15) is 0 Å². The van der Waals surface area contributed by atoms with Gasteiger partial charge in [0.25, 0.3) is 0 Å². The molecule has 0 aliphatic rings. The largest absolute Gasteiger partial charge is 0.493 e. The molecule has 5 nitrogen and oxygen atoms in total. The lowest BCUT2D eigenvalue weighted by Gasteiger charge is -2.15. The molecular formula is C16H20N2O3. The van der Waals surface area contributed by atoms with E-state index in [1.807, 2.05) is 36.4 Å². The smallest absolute Gasteiger partial charge is 0.203 e. The lowest BCUT2D eigenvalue weighted by atomic mass is 10.2. The van der Waals surface area contributed by atoms with E-state index in [0.717, 1.165) is 16.9 Å². The third-order valence-corrected chi connectivity index (χ3v) is 3.14. The zero-order chi connectivity index (χ0) is 15.2. The van der Waals surface area contributed by atoms with E-state index in [2.05, 4.69) is 5.32 Å². The van der Waals surface area contributed by atoms with E-state index in [0.29, 0.717) is 23.8 Å². The summed E-state index contributed by atoms with van der Waals surface area (Å²) in [6.07, 6.45) is 0. The Kier molecular flexibility index (Phi) is 4.77. The molecule has 2 rings (SSSR count). The van der Waals surface area contributed by atoms with Crippen LogP contribution in [0.2, 0.25) is 0 Å². The van der Waals surface area contributed by atoms with Crippen LogP contribution < -0.4 is 25.3 Å². The van der Waals surface area contributed by atoms with Gasteiger partial charge in [0.2, 0.25) is 5.75 Å². The van der Waals surface area contributed by atoms with Crippen molar-refractivity contribution < 1.29 is 14.2 Å². The van der Waals surface area contributed by atoms with Crippen LogP contribution in [0.25, 0.3) is 0 Å². The number of methoxy groups -OCH3 is 3. The molecule has 0 amide bonds. The van der Waals surface area contributed by atoms with Crippen LogP contribution in [0.1, 0.15) is 5.56 Å². The molecule has 21 heavy (non-hydrogen) atoms. The highest BCUT2D eigenvalue weighted by Gasteiger charge is 2.12. The third-order valence-electron chi connectivity index (χ3n) is 3.14. The zero-order valence-electron chi connectivity index (χ0n) is 12.5. The standard InChI is InChI=1S/C16H20N2O3/c1-19-14-8-13(9-15(20-2)16(14)21-3)18-10-11-4-6-12(17)7-5-11/h4-9,18H,10,17H2,1-3H3. The first-order chi connectivity index (χ1) is 10.2. The molecule has 0 aliphatic heterocycles. The number of hydrogen-bond acceptors (Lipinski definition) is 5. The minimum absolute atomic E-state index is 0.582. The molecule has 0 spiro atoms. The van der Waals surface area contributed by atoms with Crippen LogP contribution in [-0.2, 0) is 6.54 Å². The Hall–Kier alpha value is -2.56. The summed E-state index contributed by atoms with van der Waals surface area (Å²) in [5.74, 6) is 1.83. The van der Waals surface area contributed by atoms with Crippen molar-refractivity contribution in [3.05, 3.63) is 42.0 Å². The summed E-state index contributed by atoms with van der Waals surface area (Å²) in [4.78, 5) is 0. The number of nitrogen functional groups attached to an aromatic ring is 1. The molecule has 0 atom stereocenters. The minimum atomic E-state index is 0.582. The Labute approximate surface area is 124 Å². The summed E-state index contributed by atoms with van der Waals surface area (Å²) < 4.78 is 15.9. The summed E-state index contributed by atoms with van der Waals surface area (Å²) >= 11 is 0. The second kappa shape index (κ2) is 6.74. The number of hydrogen-bond donors (Lipinski definition) is 2. The molecular weight excluding hydrogens is 268 g/mol. The van der Waals surface area contributed by atoms with Crippen molar-refractivity contribution in [1.29, 1.82) is 0 Å². The fourth-order valence-corrected chi connectivity index (χ4v) is 2.02. The van der Waals surface area contributed by atoms with Gasteiger partial charge in [-0.2, -0.15) is 0 Å². The van der Waals surface area contributed by atoms with E-state index in [4.69, 9.17) is 19.9 Å². The van der Waals surface area contributed by atoms with E-state index in [1.54, 1.807) is 21.3 Å². The van der Waals surface area contributed by atoms with Gasteiger partial charge in [-0.15, -0.1) is 0 Å². The lowest BCUT2D eigenvalue weighted by Crippen LogP contribution is -2.02. The maximum absolute atomic E-state index is 5.67. The topological polar surface area (TPSA) is 65.7 Å². The molecule has 112 valence electrons. The summed E-state index contributed by atoms with van der Waals surface area (Å²) in [5, 5.41) is 3.32. The van der Waals surface area contributed by atoms with Gasteiger partial charge < -0.3 is 25.3 Å². The predicted octanol–water partition coefficient (Wildman–Crippen LogP) is 2.91. The van der Waals surface area contributed by atoms with Gasteiger partial charge in [-0.1, -0.05) is 12.1 Å². The molecule has 0 heterocycles. The molecule has 0 unspecified atom stereocenters. The van der Waals surface area contributed by atoms with E-state index >= 15 is 0 Å². The van der Waals surface area contributed by atoms with Gasteiger partial charge >= 0.3 is 0 Å². The van der Waals surface area contributed by atoms with Gasteiger partial charge in [-0.25, -0.2) is 0 Å². The van der Waals surface area contributed by atoms with Gasteiger partial charge in [0.15, 0.2) is 11.5 Å². The van der Waals surface area contributed by atoms with E-state index in [-0.39, 0.29) is 0 Å². The van der Waals surface area contributed by atoms with E-state index in [1.165, 1.54) is 0 Å². The predicted molar refractivity (Wildman–Crippen MR) is 84.3 cm³/mol. The number of benzene rings is 2. The Morgan fingerprint density at radius 1 is 0.905 bits per heavy atom. The zero-order valence-corrected chi connectivity index (χ0v) is 12.5. The SMILES string of the molecule is COc1cc(NCc2ccc(N)cc2)cc(OC)c1OC. The van der Waals surface area contributed by atoms with E-state index in [9.17, 15) is 0 Å². The third kappa shape index (κ3) is 3.51. The molecule has 0 bridgehead atoms. The van der Waals surface area contributed by atoms with Crippen LogP contribution in [-0.4, -0.2) is 21.3 Å². The van der Waals surface area contributed by atoms with Gasteiger partial charge in [-0.05, 0) is 17.7 Å². The summed E-state index contributed by atoms with van der Waals surface area (Å²) in [6, 6.07) is 11.5. The molecule has 0 aliphatic carbocycles. The Morgan fingerprint density at radius 2 is 1.48 bits per heavy atom. The van der Waals surface area contributed by atoms with Crippen molar-refractivity contribution in [3.8, 4) is 17.2 Å². The van der Waals surface area contributed by atoms with Crippen molar-refractivity contribution in [1.82, 2.24) is 0 Å². The first-order valence-electron chi connectivity index (χ1n) is 6.56. The van der Waals surface area contributed by atoms with Gasteiger partial charge in [0.05, 0.1) is 21.3 Å². The maximum atomic E-state index is 5.67. The Balaban J connectivity index is 2.18. The highest BCUT2D eigenvalue weighted by Crippen LogP contribution is 2.39. The molecule has 2 aromatic carbocycles. The average molecular weight is 288 g/mol. The molecule has 5 heteroatoms. The second-order valence-corrected chi connectivity index (χ2v) is 4.51. The van der Waals surface area contributed by atoms with Crippen molar-refractivity contribution in [2.75, 3.05) is 32.4 Å². The molecule has 0 aromatic heterocycles. The number of ether oxygens (including phenoxy) is 3. The molecule has 0 saturated carbocycles. The van der Waals surface area contributed by atoms with Crippen LogP contribution in [0.5, 0.6) is 17.2 Å². The summed E-state index contributed by atoms with van der Waals surface area (Å²) in [5.41, 5.74) is 8.46. The fraction of sp³-hybridized carbons (Fsp3) is 0.250. The van der Waals surface area contributed by atoms with Crippen LogP contribution >= 0.6 is 0 Å². The molecule has 2 aromatic rings. The van der Waals surface area contributed by atoms with E-state index < -0.39 is 0 Å². The summed E-state index contributed by atoms with van der Waals surface area (Å²) in [7, 11) is 4.78. The average Bonchev–Trinajstić information content (AvgIpc) is 2.53. The highest BCUT2D eigenvalue weighted by molar-refractivity contribution is 5.62. The first kappa shape index (κ1) is 14.8. The second-order valence-electron chi connectivity index (χ2n) is 4.51. The maximum Gasteiger partial charge on any atom is 0.203 e. The Morgan fingerprint density at radius 3 is 1.95 bits per heavy atom. The number of nitrogens with two attached hydrogens (primary N) is 1. The highest BCUT2D eigenvalue weighted by atomic mass is 16.5.